The van der Waals surface area contributed by atoms with Crippen LogP contribution in [0.15, 0.2) is 170 Å². The number of fused-ring (bicyclic) bond motifs is 4. The second-order valence-corrected chi connectivity index (χ2v) is 22.9. The predicted molar refractivity (Wildman–Crippen MR) is 288 cm³/mol. The first-order chi connectivity index (χ1) is 32.7. The fraction of sp³-hybridized carbons (Fsp3) is 0.250. The molecule has 7 aromatic carbocycles. The van der Waals surface area contributed by atoms with Crippen molar-refractivity contribution < 1.29 is 9.30 Å². The van der Waals surface area contributed by atoms with Crippen LogP contribution >= 0.6 is 0 Å². The largest absolute Gasteiger partial charge is 0.458 e. The van der Waals surface area contributed by atoms with Crippen LogP contribution in [-0.2, 0) is 21.7 Å². The third kappa shape index (κ3) is 8.65. The maximum Gasteiger partial charge on any atom is 0.269 e. The van der Waals surface area contributed by atoms with Crippen LogP contribution in [0.1, 0.15) is 105 Å². The highest BCUT2D eigenvalue weighted by atomic mass is 16.5. The average Bonchev–Trinajstić information content (AvgIpc) is 3.86. The number of nitrogens with zero attached hydrogens (tertiary/aromatic N) is 4. The molecule has 0 aliphatic heterocycles. The standard InChI is InChI=1S/C64H64N4O/c1-61(2,3)44-22-17-20-42(34-44)53-36-47(64(10,11)12)37-54(43-21-18-23-45(35-43)62(4,5)6)60(53)67-41-66(56-28-15-16-29-57(56)67)48-24-19-25-49(39-48)69-50-30-31-52-51-26-13-14-27-55(51)68(58(52)40-50)59-38-46(32-33-65-59)63(7,8)9/h13-40H,1-12H3. The zero-order valence-electron chi connectivity index (χ0n) is 42.4. The summed E-state index contributed by atoms with van der Waals surface area (Å²) in [5.41, 5.74) is 15.9. The van der Waals surface area contributed by atoms with Crippen molar-refractivity contribution in [1.29, 1.82) is 0 Å². The Hall–Kier alpha value is -7.24. The quantitative estimate of drug-likeness (QED) is 0.118. The molecule has 346 valence electrons. The number of hydrogen-bond acceptors (Lipinski definition) is 2. The maximum atomic E-state index is 6.83. The Bertz CT molecular complexity index is 3500. The Kier molecular flexibility index (Phi) is 11.1. The van der Waals surface area contributed by atoms with Gasteiger partial charge >= 0.3 is 0 Å². The van der Waals surface area contributed by atoms with Gasteiger partial charge in [0.1, 0.15) is 17.3 Å². The van der Waals surface area contributed by atoms with Crippen molar-refractivity contribution >= 4 is 32.8 Å². The molecule has 0 aliphatic rings. The Balaban J connectivity index is 1.14. The summed E-state index contributed by atoms with van der Waals surface area (Å²) in [6.07, 6.45) is 5.85. The van der Waals surface area contributed by atoms with Crippen molar-refractivity contribution in [2.75, 3.05) is 0 Å². The van der Waals surface area contributed by atoms with Crippen molar-refractivity contribution in [3.8, 4) is 50.9 Å². The normalized spacial score (nSPS) is 12.6. The molecule has 5 heteroatoms. The Morgan fingerprint density at radius 3 is 1.64 bits per heavy atom. The fourth-order valence-electron chi connectivity index (χ4n) is 9.56. The lowest BCUT2D eigenvalue weighted by molar-refractivity contribution is -0.571. The van der Waals surface area contributed by atoms with E-state index in [1.54, 1.807) is 0 Å². The van der Waals surface area contributed by atoms with Crippen LogP contribution in [-0.4, -0.2) is 14.1 Å². The molecule has 10 aromatic rings. The molecule has 0 N–H and O–H groups in total. The third-order valence-electron chi connectivity index (χ3n) is 13.6. The molecule has 0 aliphatic carbocycles. The van der Waals surface area contributed by atoms with Crippen LogP contribution in [0.4, 0.5) is 0 Å². The number of rotatable bonds is 7. The van der Waals surface area contributed by atoms with Crippen LogP contribution in [0.3, 0.4) is 0 Å². The summed E-state index contributed by atoms with van der Waals surface area (Å²) < 4.78 is 13.6. The van der Waals surface area contributed by atoms with E-state index in [1.165, 1.54) is 49.9 Å². The van der Waals surface area contributed by atoms with E-state index in [-0.39, 0.29) is 21.7 Å². The highest BCUT2D eigenvalue weighted by molar-refractivity contribution is 6.09. The molecular weight excluding hydrogens is 841 g/mol. The number of imidazole rings is 1. The summed E-state index contributed by atoms with van der Waals surface area (Å²) in [7, 11) is 0. The number of para-hydroxylation sites is 3. The van der Waals surface area contributed by atoms with Gasteiger partial charge in [0.15, 0.2) is 0 Å². The SMILES string of the molecule is CC(C)(C)c1cccc(-c2cc(C(C)(C)C)cc(-c3cccc(C(C)(C)C)c3)c2-[n+]2[c-]n(-c3cccc(Oc4ccc5c6ccccc6n(-c6cc(C(C)(C)C)ccn6)c5c4)c3)c3ccccc32)c1. The van der Waals surface area contributed by atoms with E-state index in [2.05, 4.69) is 261 Å². The highest BCUT2D eigenvalue weighted by Gasteiger charge is 2.26. The topological polar surface area (TPSA) is 35.9 Å². The van der Waals surface area contributed by atoms with Gasteiger partial charge in [0.05, 0.1) is 33.4 Å². The first-order valence-corrected chi connectivity index (χ1v) is 24.4. The first-order valence-electron chi connectivity index (χ1n) is 24.4. The molecule has 3 heterocycles. The average molecular weight is 905 g/mol. The number of pyridine rings is 1. The molecule has 0 atom stereocenters. The zero-order chi connectivity index (χ0) is 48.6. The number of benzene rings is 7. The highest BCUT2D eigenvalue weighted by Crippen LogP contribution is 2.42. The molecule has 0 radical (unpaired) electrons. The number of aromatic nitrogens is 4. The maximum absolute atomic E-state index is 6.83. The van der Waals surface area contributed by atoms with E-state index >= 15 is 0 Å². The van der Waals surface area contributed by atoms with Gasteiger partial charge in [-0.2, -0.15) is 0 Å². The van der Waals surface area contributed by atoms with E-state index in [1.807, 2.05) is 12.3 Å². The summed E-state index contributed by atoms with van der Waals surface area (Å²) in [5, 5.41) is 2.33. The van der Waals surface area contributed by atoms with Gasteiger partial charge < -0.3 is 4.74 Å². The molecule has 0 saturated heterocycles. The lowest BCUT2D eigenvalue weighted by Crippen LogP contribution is -2.32. The van der Waals surface area contributed by atoms with Crippen LogP contribution in [0.5, 0.6) is 11.5 Å². The number of ether oxygens (including phenoxy) is 1. The predicted octanol–water partition coefficient (Wildman–Crippen LogP) is 16.5. The van der Waals surface area contributed by atoms with Crippen LogP contribution in [0.2, 0.25) is 0 Å². The fourth-order valence-corrected chi connectivity index (χ4v) is 9.56. The van der Waals surface area contributed by atoms with E-state index < -0.39 is 0 Å². The summed E-state index contributed by atoms with van der Waals surface area (Å²) in [5.74, 6) is 2.36. The van der Waals surface area contributed by atoms with Crippen molar-refractivity contribution in [1.82, 2.24) is 14.1 Å². The van der Waals surface area contributed by atoms with Gasteiger partial charge in [-0.3, -0.25) is 13.7 Å². The molecule has 3 aromatic heterocycles. The first kappa shape index (κ1) is 45.5. The molecule has 5 nitrogen and oxygen atoms in total. The summed E-state index contributed by atoms with van der Waals surface area (Å²) in [6, 6.07) is 59.4. The minimum absolute atomic E-state index is 0.0188. The van der Waals surface area contributed by atoms with Gasteiger partial charge in [-0.25, -0.2) is 4.98 Å². The Morgan fingerprint density at radius 2 is 1.00 bits per heavy atom. The van der Waals surface area contributed by atoms with E-state index in [0.29, 0.717) is 0 Å². The van der Waals surface area contributed by atoms with E-state index in [0.717, 1.165) is 56.1 Å². The minimum Gasteiger partial charge on any atom is -0.458 e. The van der Waals surface area contributed by atoms with E-state index in [4.69, 9.17) is 9.72 Å². The molecule has 69 heavy (non-hydrogen) atoms. The minimum atomic E-state index is -0.108. The molecular formula is C64H64N4O. The van der Waals surface area contributed by atoms with Crippen molar-refractivity contribution in [2.24, 2.45) is 0 Å². The molecule has 0 saturated carbocycles. The lowest BCUT2D eigenvalue weighted by atomic mass is 9.80. The van der Waals surface area contributed by atoms with Crippen molar-refractivity contribution in [3.05, 3.63) is 199 Å². The zero-order valence-corrected chi connectivity index (χ0v) is 42.4. The van der Waals surface area contributed by atoms with Crippen molar-refractivity contribution in [2.45, 2.75) is 105 Å². The molecule has 0 amide bonds. The third-order valence-corrected chi connectivity index (χ3v) is 13.6. The van der Waals surface area contributed by atoms with Gasteiger partial charge in [0, 0.05) is 23.0 Å². The summed E-state index contributed by atoms with van der Waals surface area (Å²) in [6.45, 7) is 27.4. The van der Waals surface area contributed by atoms with Gasteiger partial charge in [-0.15, -0.1) is 0 Å². The molecule has 0 fully saturated rings. The van der Waals surface area contributed by atoms with Crippen LogP contribution in [0.25, 0.3) is 72.3 Å². The van der Waals surface area contributed by atoms with Crippen LogP contribution < -0.4 is 9.30 Å². The van der Waals surface area contributed by atoms with Gasteiger partial charge in [0.25, 0.3) is 6.33 Å². The molecule has 0 spiro atoms. The number of hydrogen-bond donors (Lipinski definition) is 0. The smallest absolute Gasteiger partial charge is 0.269 e. The Morgan fingerprint density at radius 1 is 0.449 bits per heavy atom. The van der Waals surface area contributed by atoms with Crippen LogP contribution in [0, 0.1) is 6.33 Å². The van der Waals surface area contributed by atoms with Gasteiger partial charge in [-0.1, -0.05) is 192 Å². The lowest BCUT2D eigenvalue weighted by Gasteiger charge is -2.27. The van der Waals surface area contributed by atoms with Gasteiger partial charge in [0.2, 0.25) is 0 Å². The molecule has 10 rings (SSSR count). The van der Waals surface area contributed by atoms with Gasteiger partial charge in [-0.05, 0) is 115 Å². The Labute approximate surface area is 408 Å². The summed E-state index contributed by atoms with van der Waals surface area (Å²) >= 11 is 0. The second kappa shape index (κ2) is 16.8. The molecule has 0 bridgehead atoms. The second-order valence-electron chi connectivity index (χ2n) is 22.9. The molecule has 0 unspecified atom stereocenters. The summed E-state index contributed by atoms with van der Waals surface area (Å²) in [4.78, 5) is 4.90. The van der Waals surface area contributed by atoms with Crippen molar-refractivity contribution in [3.63, 3.8) is 0 Å². The monoisotopic (exact) mass is 905 g/mol. The van der Waals surface area contributed by atoms with E-state index in [9.17, 15) is 0 Å².